The van der Waals surface area contributed by atoms with Crippen LogP contribution in [0.1, 0.15) is 56.9 Å². The first-order valence-electron chi connectivity index (χ1n) is 13.5. The summed E-state index contributed by atoms with van der Waals surface area (Å²) in [6, 6.07) is 13.1. The lowest BCUT2D eigenvalue weighted by Gasteiger charge is -2.35. The molecule has 1 atom stereocenters. The van der Waals surface area contributed by atoms with Crippen LogP contribution in [-0.2, 0) is 19.1 Å². The van der Waals surface area contributed by atoms with Crippen molar-refractivity contribution in [2.24, 2.45) is 5.73 Å². The van der Waals surface area contributed by atoms with Crippen LogP contribution >= 0.6 is 15.9 Å². The molecule has 2 aromatic carbocycles. The van der Waals surface area contributed by atoms with E-state index < -0.39 is 34.2 Å². The molecule has 2 aromatic rings. The molecule has 0 fully saturated rings. The third-order valence-corrected chi connectivity index (χ3v) is 7.45. The van der Waals surface area contributed by atoms with Gasteiger partial charge in [0.15, 0.2) is 0 Å². The van der Waals surface area contributed by atoms with E-state index in [2.05, 4.69) is 22.9 Å². The van der Waals surface area contributed by atoms with Gasteiger partial charge in [-0.05, 0) is 27.9 Å². The molecule has 0 saturated carbocycles. The topological polar surface area (TPSA) is 158 Å². The van der Waals surface area contributed by atoms with E-state index in [0.717, 1.165) is 51.2 Å². The van der Waals surface area contributed by atoms with Gasteiger partial charge < -0.3 is 19.9 Å². The summed E-state index contributed by atoms with van der Waals surface area (Å²) in [5.41, 5.74) is 5.57. The van der Waals surface area contributed by atoms with Gasteiger partial charge in [-0.25, -0.2) is 9.59 Å². The zero-order valence-corrected chi connectivity index (χ0v) is 25.3. The van der Waals surface area contributed by atoms with E-state index in [9.17, 15) is 25.0 Å². The molecule has 12 heteroatoms. The molecule has 0 spiro atoms. The van der Waals surface area contributed by atoms with E-state index in [4.69, 9.17) is 19.9 Å². The molecule has 42 heavy (non-hydrogen) atoms. The molecule has 0 aromatic heterocycles. The zero-order chi connectivity index (χ0) is 30.8. The Morgan fingerprint density at radius 2 is 1.71 bits per heavy atom. The molecule has 0 aliphatic carbocycles. The highest BCUT2D eigenvalue weighted by Gasteiger charge is 2.44. The minimum absolute atomic E-state index is 0.110. The first-order valence-corrected chi connectivity index (χ1v) is 14.3. The summed E-state index contributed by atoms with van der Waals surface area (Å²) in [5.74, 6) is -3.08. The van der Waals surface area contributed by atoms with Crippen LogP contribution in [0.25, 0.3) is 0 Å². The fraction of sp³-hybridized carbons (Fsp3) is 0.367. The number of nitro groups is 1. The number of carbonyl (C=O) groups excluding carboxylic acids is 2. The lowest BCUT2D eigenvalue weighted by Crippen LogP contribution is -2.41. The molecular formula is C30H33BrN4O7. The van der Waals surface area contributed by atoms with Gasteiger partial charge in [0, 0.05) is 12.1 Å². The van der Waals surface area contributed by atoms with Crippen LogP contribution in [0.5, 0.6) is 5.75 Å². The summed E-state index contributed by atoms with van der Waals surface area (Å²) in [6.45, 7) is 2.49. The molecule has 1 aliphatic rings. The smallest absolute Gasteiger partial charge is 0.355 e. The van der Waals surface area contributed by atoms with Crippen molar-refractivity contribution in [3.05, 3.63) is 85.3 Å². The largest absolute Gasteiger partial charge is 0.492 e. The Balaban J connectivity index is 2.23. The van der Waals surface area contributed by atoms with Crippen LogP contribution in [0, 0.1) is 21.4 Å². The molecule has 0 radical (unpaired) electrons. The number of nitrogens with zero attached hydrogens (tertiary/aromatic N) is 3. The monoisotopic (exact) mass is 640 g/mol. The van der Waals surface area contributed by atoms with E-state index in [-0.39, 0.29) is 28.4 Å². The van der Waals surface area contributed by atoms with Crippen molar-refractivity contribution in [2.75, 3.05) is 25.7 Å². The zero-order valence-electron chi connectivity index (χ0n) is 23.7. The molecule has 0 bridgehead atoms. The van der Waals surface area contributed by atoms with Crippen molar-refractivity contribution in [1.29, 1.82) is 5.26 Å². The standard InChI is InChI=1S/C30H33BrN4O7/c1-4-5-6-7-8-12-15-42-24-17-22(23(35(38)39)16-21(24)31)34-27(30(37)41-3)26(29(36)40-2)25(20(18-32)28(34)33)19-13-10-9-11-14-19/h9-11,13-14,16-17,25H,4-8,12,15,33H2,1-3H3. The fourth-order valence-electron chi connectivity index (χ4n) is 4.80. The van der Waals surface area contributed by atoms with Crippen molar-refractivity contribution >= 4 is 39.2 Å². The second kappa shape index (κ2) is 15.0. The van der Waals surface area contributed by atoms with Crippen molar-refractivity contribution in [2.45, 2.75) is 51.4 Å². The van der Waals surface area contributed by atoms with E-state index in [1.807, 2.05) is 6.07 Å². The van der Waals surface area contributed by atoms with Crippen molar-refractivity contribution in [1.82, 2.24) is 0 Å². The SMILES string of the molecule is CCCCCCCCOc1cc(N2C(N)=C(C#N)C(c3ccccc3)C(C(=O)OC)=C2C(=O)OC)c([N+](=O)[O-])cc1Br. The quantitative estimate of drug-likeness (QED) is 0.119. The summed E-state index contributed by atoms with van der Waals surface area (Å²) >= 11 is 3.34. The van der Waals surface area contributed by atoms with Crippen LogP contribution in [-0.4, -0.2) is 37.7 Å². The first-order chi connectivity index (χ1) is 20.2. The Kier molecular flexibility index (Phi) is 11.5. The number of hydrogen-bond acceptors (Lipinski definition) is 10. The molecule has 1 heterocycles. The number of nitrogens with two attached hydrogens (primary N) is 1. The van der Waals surface area contributed by atoms with Crippen molar-refractivity contribution in [3.63, 3.8) is 0 Å². The first kappa shape index (κ1) is 32.1. The molecular weight excluding hydrogens is 608 g/mol. The maximum atomic E-state index is 13.3. The summed E-state index contributed by atoms with van der Waals surface area (Å²) in [5, 5.41) is 22.5. The van der Waals surface area contributed by atoms with Gasteiger partial charge in [0.05, 0.1) is 53.4 Å². The molecule has 0 saturated heterocycles. The Morgan fingerprint density at radius 1 is 1.07 bits per heavy atom. The van der Waals surface area contributed by atoms with Gasteiger partial charge in [-0.15, -0.1) is 0 Å². The number of ether oxygens (including phenoxy) is 3. The Labute approximate surface area is 252 Å². The fourth-order valence-corrected chi connectivity index (χ4v) is 5.24. The predicted octanol–water partition coefficient (Wildman–Crippen LogP) is 5.99. The molecule has 222 valence electrons. The van der Waals surface area contributed by atoms with Crippen LogP contribution in [0.3, 0.4) is 0 Å². The minimum Gasteiger partial charge on any atom is -0.492 e. The van der Waals surface area contributed by atoms with Crippen LogP contribution in [0.2, 0.25) is 0 Å². The summed E-state index contributed by atoms with van der Waals surface area (Å²) < 4.78 is 16.3. The van der Waals surface area contributed by atoms with Crippen LogP contribution < -0.4 is 15.4 Å². The lowest BCUT2D eigenvalue weighted by molar-refractivity contribution is -0.384. The Morgan fingerprint density at radius 3 is 2.31 bits per heavy atom. The summed E-state index contributed by atoms with van der Waals surface area (Å²) in [7, 11) is 2.23. The van der Waals surface area contributed by atoms with Gasteiger partial charge >= 0.3 is 11.9 Å². The lowest BCUT2D eigenvalue weighted by atomic mass is 9.81. The molecule has 0 amide bonds. The third kappa shape index (κ3) is 6.91. The summed E-state index contributed by atoms with van der Waals surface area (Å²) in [4.78, 5) is 39.2. The number of nitriles is 1. The number of carbonyl (C=O) groups is 2. The van der Waals surface area contributed by atoms with E-state index in [1.165, 1.54) is 18.6 Å². The molecule has 3 rings (SSSR count). The number of benzene rings is 2. The molecule has 1 aliphatic heterocycles. The van der Waals surface area contributed by atoms with Gasteiger partial charge in [0.1, 0.15) is 23.0 Å². The van der Waals surface area contributed by atoms with Crippen molar-refractivity contribution in [3.8, 4) is 11.8 Å². The number of allylic oxidation sites excluding steroid dienone is 1. The van der Waals surface area contributed by atoms with E-state index >= 15 is 0 Å². The number of anilines is 1. The molecule has 1 unspecified atom stereocenters. The van der Waals surface area contributed by atoms with Crippen LogP contribution in [0.15, 0.2) is 69.6 Å². The number of esters is 2. The highest BCUT2D eigenvalue weighted by molar-refractivity contribution is 9.10. The second-order valence-electron chi connectivity index (χ2n) is 9.48. The predicted molar refractivity (Wildman–Crippen MR) is 159 cm³/mol. The third-order valence-electron chi connectivity index (χ3n) is 6.83. The number of rotatable bonds is 13. The number of nitro benzene ring substituents is 1. The van der Waals surface area contributed by atoms with Gasteiger partial charge in [0.25, 0.3) is 5.69 Å². The van der Waals surface area contributed by atoms with E-state index in [0.29, 0.717) is 16.6 Å². The Bertz CT molecular complexity index is 1430. The number of methoxy groups -OCH3 is 2. The number of unbranched alkanes of at least 4 members (excludes halogenated alkanes) is 5. The highest BCUT2D eigenvalue weighted by Crippen LogP contribution is 2.47. The molecule has 2 N–H and O–H groups in total. The van der Waals surface area contributed by atoms with Gasteiger partial charge in [-0.2, -0.15) is 5.26 Å². The van der Waals surface area contributed by atoms with Crippen LogP contribution in [0.4, 0.5) is 11.4 Å². The Hall–Kier alpha value is -4.37. The second-order valence-corrected chi connectivity index (χ2v) is 10.3. The minimum atomic E-state index is -1.10. The average Bonchev–Trinajstić information content (AvgIpc) is 3.00. The number of halogens is 1. The van der Waals surface area contributed by atoms with Gasteiger partial charge in [-0.3, -0.25) is 15.0 Å². The number of hydrogen-bond donors (Lipinski definition) is 1. The summed E-state index contributed by atoms with van der Waals surface area (Å²) in [6.07, 6.45) is 6.25. The van der Waals surface area contributed by atoms with E-state index in [1.54, 1.807) is 30.3 Å². The van der Waals surface area contributed by atoms with Gasteiger partial charge in [0.2, 0.25) is 0 Å². The molecule has 11 nitrogen and oxygen atoms in total. The van der Waals surface area contributed by atoms with Gasteiger partial charge in [-0.1, -0.05) is 69.4 Å². The normalized spacial score (nSPS) is 14.8. The van der Waals surface area contributed by atoms with Crippen molar-refractivity contribution < 1.29 is 28.7 Å². The average molecular weight is 642 g/mol. The highest BCUT2D eigenvalue weighted by atomic mass is 79.9. The maximum absolute atomic E-state index is 13.3. The maximum Gasteiger partial charge on any atom is 0.355 e.